The van der Waals surface area contributed by atoms with E-state index in [-0.39, 0.29) is 30.9 Å². The molecule has 4 rings (SSSR count). The van der Waals surface area contributed by atoms with Crippen molar-refractivity contribution in [3.8, 4) is 0 Å². The fraction of sp³-hybridized carbons (Fsp3) is 0.615. The van der Waals surface area contributed by atoms with E-state index < -0.39 is 23.4 Å². The Balaban J connectivity index is 1.21. The first kappa shape index (κ1) is 27.6. The summed E-state index contributed by atoms with van der Waals surface area (Å²) in [4.78, 5) is 55.8. The summed E-state index contributed by atoms with van der Waals surface area (Å²) in [6, 6.07) is 4.22. The molecular formula is C26H37FN6O5. The molecule has 0 radical (unpaired) electrons. The predicted molar refractivity (Wildman–Crippen MR) is 139 cm³/mol. The van der Waals surface area contributed by atoms with Crippen LogP contribution in [0.4, 0.5) is 20.6 Å². The van der Waals surface area contributed by atoms with Crippen LogP contribution in [0.25, 0.3) is 0 Å². The zero-order chi connectivity index (χ0) is 27.4. The third-order valence-corrected chi connectivity index (χ3v) is 6.88. The van der Waals surface area contributed by atoms with Gasteiger partial charge in [-0.25, -0.2) is 9.18 Å². The van der Waals surface area contributed by atoms with Crippen LogP contribution >= 0.6 is 0 Å². The van der Waals surface area contributed by atoms with Crippen LogP contribution in [-0.4, -0.2) is 109 Å². The molecule has 2 N–H and O–H groups in total. The van der Waals surface area contributed by atoms with Gasteiger partial charge in [-0.15, -0.1) is 0 Å². The highest BCUT2D eigenvalue weighted by atomic mass is 19.1. The molecule has 3 aliphatic rings. The Hall–Kier alpha value is -3.41. The van der Waals surface area contributed by atoms with Crippen LogP contribution in [0.2, 0.25) is 0 Å². The van der Waals surface area contributed by atoms with Crippen molar-refractivity contribution >= 4 is 35.2 Å². The number of carbonyl (C=O) groups is 4. The highest BCUT2D eigenvalue weighted by Gasteiger charge is 2.30. The number of piperazine rings is 2. The fourth-order valence-corrected chi connectivity index (χ4v) is 4.79. The Labute approximate surface area is 222 Å². The molecule has 12 heteroatoms. The minimum Gasteiger partial charge on any atom is -0.444 e. The number of anilines is 2. The topological polar surface area (TPSA) is 115 Å². The number of imide groups is 1. The third kappa shape index (κ3) is 7.12. The molecule has 0 aliphatic carbocycles. The number of carbonyl (C=O) groups excluding carboxylic acids is 4. The van der Waals surface area contributed by atoms with Gasteiger partial charge in [-0.2, -0.15) is 0 Å². The quantitative estimate of drug-likeness (QED) is 0.545. The van der Waals surface area contributed by atoms with Gasteiger partial charge >= 0.3 is 6.09 Å². The molecule has 0 saturated carbocycles. The number of benzene rings is 1. The van der Waals surface area contributed by atoms with Crippen molar-refractivity contribution in [3.63, 3.8) is 0 Å². The summed E-state index contributed by atoms with van der Waals surface area (Å²) < 4.78 is 20.3. The zero-order valence-corrected chi connectivity index (χ0v) is 22.3. The summed E-state index contributed by atoms with van der Waals surface area (Å²) in [7, 11) is 0. The van der Waals surface area contributed by atoms with Gasteiger partial charge in [0.2, 0.25) is 17.7 Å². The Morgan fingerprint density at radius 3 is 2.29 bits per heavy atom. The molecule has 3 aliphatic heterocycles. The van der Waals surface area contributed by atoms with Gasteiger partial charge in [-0.1, -0.05) is 0 Å². The van der Waals surface area contributed by atoms with Crippen molar-refractivity contribution in [2.45, 2.75) is 45.3 Å². The van der Waals surface area contributed by atoms with Crippen LogP contribution < -0.4 is 15.5 Å². The second-order valence-corrected chi connectivity index (χ2v) is 10.9. The first-order valence-corrected chi connectivity index (χ1v) is 13.1. The Morgan fingerprint density at radius 1 is 1.03 bits per heavy atom. The average molecular weight is 533 g/mol. The van der Waals surface area contributed by atoms with Gasteiger partial charge in [0.05, 0.1) is 12.2 Å². The molecule has 1 aromatic carbocycles. The van der Waals surface area contributed by atoms with E-state index in [0.717, 1.165) is 0 Å². The number of ether oxygens (including phenoxy) is 1. The molecule has 0 aromatic heterocycles. The lowest BCUT2D eigenvalue weighted by Gasteiger charge is -2.38. The van der Waals surface area contributed by atoms with E-state index in [4.69, 9.17) is 4.74 Å². The Kier molecular flexibility index (Phi) is 8.39. The van der Waals surface area contributed by atoms with E-state index in [9.17, 15) is 23.6 Å². The van der Waals surface area contributed by atoms with Crippen molar-refractivity contribution in [1.29, 1.82) is 0 Å². The molecule has 1 unspecified atom stereocenters. The summed E-state index contributed by atoms with van der Waals surface area (Å²) in [6.07, 6.45) is 0.264. The molecule has 208 valence electrons. The smallest absolute Gasteiger partial charge is 0.410 e. The molecule has 3 fully saturated rings. The summed E-state index contributed by atoms with van der Waals surface area (Å²) in [5.74, 6) is -1.07. The SMILES string of the molecule is CC(C)(C)OC(=O)N1CCN(C(=O)CN2CCN(c3ccc(NC4CCC(=O)NC4=O)cc3F)CC2)CC1. The number of hydrogen-bond donors (Lipinski definition) is 2. The minimum atomic E-state index is -0.570. The molecular weight excluding hydrogens is 495 g/mol. The number of piperidine rings is 1. The molecule has 3 heterocycles. The zero-order valence-electron chi connectivity index (χ0n) is 22.3. The monoisotopic (exact) mass is 532 g/mol. The number of nitrogens with zero attached hydrogens (tertiary/aromatic N) is 4. The highest BCUT2D eigenvalue weighted by molar-refractivity contribution is 6.01. The van der Waals surface area contributed by atoms with Gasteiger partial charge in [0.1, 0.15) is 17.5 Å². The van der Waals surface area contributed by atoms with Crippen LogP contribution in [0.1, 0.15) is 33.6 Å². The highest BCUT2D eigenvalue weighted by Crippen LogP contribution is 2.25. The average Bonchev–Trinajstić information content (AvgIpc) is 2.85. The van der Waals surface area contributed by atoms with Crippen LogP contribution in [-0.2, 0) is 19.1 Å². The fourth-order valence-electron chi connectivity index (χ4n) is 4.79. The van der Waals surface area contributed by atoms with Crippen molar-refractivity contribution < 1.29 is 28.3 Å². The standard InChI is InChI=1S/C26H37FN6O5/c1-26(2,3)38-25(37)33-14-12-32(13-15-33)23(35)17-30-8-10-31(11-9-30)21-6-4-18(16-19(21)27)28-20-5-7-22(34)29-24(20)36/h4,6,16,20,28H,5,7-15,17H2,1-3H3,(H,29,34,36). The van der Waals surface area contributed by atoms with Gasteiger partial charge < -0.3 is 24.8 Å². The van der Waals surface area contributed by atoms with E-state index >= 15 is 0 Å². The molecule has 0 bridgehead atoms. The molecule has 11 nitrogen and oxygen atoms in total. The Morgan fingerprint density at radius 2 is 1.68 bits per heavy atom. The summed E-state index contributed by atoms with van der Waals surface area (Å²) in [6.45, 7) is 10.0. The molecule has 0 spiro atoms. The van der Waals surface area contributed by atoms with Gasteiger partial charge in [-0.3, -0.25) is 24.6 Å². The normalized spacial score (nSPS) is 21.3. The summed E-state index contributed by atoms with van der Waals surface area (Å²) >= 11 is 0. The van der Waals surface area contributed by atoms with Gasteiger partial charge in [0.15, 0.2) is 0 Å². The number of hydrogen-bond acceptors (Lipinski definition) is 8. The van der Waals surface area contributed by atoms with Gasteiger partial charge in [0, 0.05) is 64.5 Å². The maximum atomic E-state index is 14.9. The van der Waals surface area contributed by atoms with E-state index in [1.165, 1.54) is 6.07 Å². The second-order valence-electron chi connectivity index (χ2n) is 10.9. The third-order valence-electron chi connectivity index (χ3n) is 6.88. The largest absolute Gasteiger partial charge is 0.444 e. The Bertz CT molecular complexity index is 1060. The second kappa shape index (κ2) is 11.5. The van der Waals surface area contributed by atoms with Crippen LogP contribution in [0.3, 0.4) is 0 Å². The van der Waals surface area contributed by atoms with Gasteiger partial charge in [-0.05, 0) is 45.4 Å². The van der Waals surface area contributed by atoms with Crippen LogP contribution in [0, 0.1) is 5.82 Å². The summed E-state index contributed by atoms with van der Waals surface area (Å²) in [5, 5.41) is 5.28. The van der Waals surface area contributed by atoms with Crippen LogP contribution in [0.5, 0.6) is 0 Å². The van der Waals surface area contributed by atoms with Crippen molar-refractivity contribution in [1.82, 2.24) is 20.0 Å². The molecule has 4 amide bonds. The lowest BCUT2D eigenvalue weighted by molar-refractivity contribution is -0.135. The first-order valence-electron chi connectivity index (χ1n) is 13.1. The van der Waals surface area contributed by atoms with Crippen molar-refractivity contribution in [2.75, 3.05) is 69.1 Å². The van der Waals surface area contributed by atoms with E-state index in [2.05, 4.69) is 15.5 Å². The number of amides is 4. The van der Waals surface area contributed by atoms with Gasteiger partial charge in [0.25, 0.3) is 0 Å². The number of nitrogens with one attached hydrogen (secondary N) is 2. The summed E-state index contributed by atoms with van der Waals surface area (Å²) in [5.41, 5.74) is 0.406. The van der Waals surface area contributed by atoms with E-state index in [1.54, 1.807) is 21.9 Å². The number of rotatable bonds is 5. The van der Waals surface area contributed by atoms with Crippen LogP contribution in [0.15, 0.2) is 18.2 Å². The minimum absolute atomic E-state index is 0.0253. The van der Waals surface area contributed by atoms with Crippen molar-refractivity contribution in [2.24, 2.45) is 0 Å². The lowest BCUT2D eigenvalue weighted by atomic mass is 10.1. The molecule has 1 aromatic rings. The molecule has 38 heavy (non-hydrogen) atoms. The first-order chi connectivity index (χ1) is 18.0. The predicted octanol–water partition coefficient (Wildman–Crippen LogP) is 1.24. The van der Waals surface area contributed by atoms with E-state index in [0.29, 0.717) is 70.2 Å². The lowest BCUT2D eigenvalue weighted by Crippen LogP contribution is -2.55. The molecule has 1 atom stereocenters. The maximum Gasteiger partial charge on any atom is 0.410 e. The van der Waals surface area contributed by atoms with Crippen molar-refractivity contribution in [3.05, 3.63) is 24.0 Å². The van der Waals surface area contributed by atoms with E-state index in [1.807, 2.05) is 25.7 Å². The number of halogens is 1. The molecule has 3 saturated heterocycles. The maximum absolute atomic E-state index is 14.9.